The van der Waals surface area contributed by atoms with Crippen LogP contribution in [0.5, 0.6) is 0 Å². The van der Waals surface area contributed by atoms with E-state index in [4.69, 9.17) is 0 Å². The molecule has 3 fully saturated rings. The molecule has 192 valence electrons. The molecule has 2 aromatic heterocycles. The molecule has 3 aliphatic heterocycles. The molecule has 2 N–H and O–H groups in total. The van der Waals surface area contributed by atoms with Crippen molar-refractivity contribution in [3.8, 4) is 11.1 Å². The van der Waals surface area contributed by atoms with E-state index in [0.717, 1.165) is 60.7 Å². The molecule has 0 amide bonds. The Morgan fingerprint density at radius 1 is 0.944 bits per heavy atom. The van der Waals surface area contributed by atoms with Crippen LogP contribution in [-0.2, 0) is 16.6 Å². The van der Waals surface area contributed by atoms with E-state index in [9.17, 15) is 8.42 Å². The van der Waals surface area contributed by atoms with Crippen molar-refractivity contribution in [3.05, 3.63) is 48.3 Å². The Labute approximate surface area is 214 Å². The van der Waals surface area contributed by atoms with Gasteiger partial charge < -0.3 is 14.8 Å². The highest BCUT2D eigenvalue weighted by molar-refractivity contribution is 7.89. The predicted octanol–water partition coefficient (Wildman–Crippen LogP) is 4.27. The number of pyridine rings is 1. The number of rotatable bonds is 6. The summed E-state index contributed by atoms with van der Waals surface area (Å²) >= 11 is 0. The number of fused-ring (bicyclic) bond motifs is 1. The van der Waals surface area contributed by atoms with Crippen molar-refractivity contribution in [3.63, 3.8) is 0 Å². The van der Waals surface area contributed by atoms with E-state index in [-0.39, 0.29) is 0 Å². The zero-order valence-corrected chi connectivity index (χ0v) is 21.9. The Morgan fingerprint density at radius 3 is 2.39 bits per heavy atom. The number of hydrogen-bond donors (Lipinski definition) is 2. The minimum atomic E-state index is -3.40. The van der Waals surface area contributed by atoms with E-state index in [2.05, 4.69) is 21.4 Å². The van der Waals surface area contributed by atoms with Crippen LogP contribution >= 0.6 is 0 Å². The molecule has 5 heterocycles. The van der Waals surface area contributed by atoms with Gasteiger partial charge in [0.15, 0.2) is 0 Å². The van der Waals surface area contributed by atoms with Crippen molar-refractivity contribution in [2.24, 2.45) is 0 Å². The molecular weight excluding hydrogens is 470 g/mol. The van der Waals surface area contributed by atoms with E-state index in [1.54, 1.807) is 16.4 Å². The van der Waals surface area contributed by atoms with Crippen molar-refractivity contribution in [2.45, 2.75) is 62.4 Å². The number of aromatic nitrogens is 2. The van der Waals surface area contributed by atoms with Gasteiger partial charge in [-0.1, -0.05) is 12.1 Å². The molecule has 0 aliphatic carbocycles. The van der Waals surface area contributed by atoms with Gasteiger partial charge in [-0.25, -0.2) is 13.4 Å². The summed E-state index contributed by atoms with van der Waals surface area (Å²) in [7, 11) is -3.40. The summed E-state index contributed by atoms with van der Waals surface area (Å²) in [5.41, 5.74) is 4.29. The van der Waals surface area contributed by atoms with Crippen LogP contribution in [0, 0.1) is 0 Å². The van der Waals surface area contributed by atoms with Gasteiger partial charge in [0.2, 0.25) is 10.0 Å². The van der Waals surface area contributed by atoms with Gasteiger partial charge in [-0.15, -0.1) is 0 Å². The number of quaternary nitrogens is 1. The van der Waals surface area contributed by atoms with E-state index >= 15 is 0 Å². The Balaban J connectivity index is 1.29. The molecule has 0 saturated carbocycles. The molecule has 0 radical (unpaired) electrons. The van der Waals surface area contributed by atoms with Crippen LogP contribution in [0.2, 0.25) is 0 Å². The van der Waals surface area contributed by atoms with Gasteiger partial charge in [0, 0.05) is 50.6 Å². The van der Waals surface area contributed by atoms with E-state index in [1.807, 2.05) is 24.4 Å². The van der Waals surface area contributed by atoms with Crippen molar-refractivity contribution in [1.29, 1.82) is 0 Å². The van der Waals surface area contributed by atoms with E-state index in [0.29, 0.717) is 18.0 Å². The average Bonchev–Trinajstić information content (AvgIpc) is 3.60. The standard InChI is InChI=1S/C28H38N5O2S/c34-36(35,32-16-2-3-17-32)25-8-6-22(7-9-25)26-12-15-30-28-27(26)20-23(31-28)21-33(18-4-1-5-19-33)24-10-13-29-14-11-24/h6-9,12,15,20,24,29H,1-5,10-11,13-14,16-19,21H2,(H,30,31)/q+1. The number of H-pyrrole nitrogens is 1. The molecule has 0 atom stereocenters. The van der Waals surface area contributed by atoms with E-state index < -0.39 is 10.0 Å². The Bertz CT molecular complexity index is 1300. The lowest BCUT2D eigenvalue weighted by Gasteiger charge is -2.48. The van der Waals surface area contributed by atoms with Crippen molar-refractivity contribution in [2.75, 3.05) is 39.3 Å². The number of nitrogens with zero attached hydrogens (tertiary/aromatic N) is 3. The highest BCUT2D eigenvalue weighted by atomic mass is 32.2. The Hall–Kier alpha value is -2.26. The van der Waals surface area contributed by atoms with Gasteiger partial charge >= 0.3 is 0 Å². The zero-order chi connectivity index (χ0) is 24.6. The fourth-order valence-electron chi connectivity index (χ4n) is 6.79. The van der Waals surface area contributed by atoms with Crippen molar-refractivity contribution >= 4 is 21.1 Å². The molecule has 8 heteroatoms. The van der Waals surface area contributed by atoms with Crippen LogP contribution in [0.4, 0.5) is 0 Å². The van der Waals surface area contributed by atoms with Crippen LogP contribution < -0.4 is 5.32 Å². The minimum Gasteiger partial charge on any atom is -0.338 e. The van der Waals surface area contributed by atoms with Crippen molar-refractivity contribution < 1.29 is 12.9 Å². The fraction of sp³-hybridized carbons (Fsp3) is 0.536. The summed E-state index contributed by atoms with van der Waals surface area (Å²) in [4.78, 5) is 8.68. The highest BCUT2D eigenvalue weighted by Gasteiger charge is 2.39. The summed E-state index contributed by atoms with van der Waals surface area (Å²) in [5, 5.41) is 4.66. The summed E-state index contributed by atoms with van der Waals surface area (Å²) in [6, 6.07) is 12.5. The summed E-state index contributed by atoms with van der Waals surface area (Å²) in [5.74, 6) is 0. The summed E-state index contributed by atoms with van der Waals surface area (Å²) in [6.07, 6.45) is 10.3. The molecule has 3 saturated heterocycles. The second-order valence-electron chi connectivity index (χ2n) is 10.9. The third-order valence-electron chi connectivity index (χ3n) is 8.73. The smallest absolute Gasteiger partial charge is 0.243 e. The van der Waals surface area contributed by atoms with Gasteiger partial charge in [-0.2, -0.15) is 4.31 Å². The van der Waals surface area contributed by atoms with Crippen LogP contribution in [0.15, 0.2) is 47.5 Å². The lowest BCUT2D eigenvalue weighted by atomic mass is 9.96. The first-order valence-corrected chi connectivity index (χ1v) is 15.1. The molecule has 7 nitrogen and oxygen atoms in total. The topological polar surface area (TPSA) is 78.1 Å². The molecule has 3 aromatic rings. The number of nitrogens with one attached hydrogen (secondary N) is 2. The Kier molecular flexibility index (Phi) is 6.62. The van der Waals surface area contributed by atoms with Gasteiger partial charge in [-0.05, 0) is 67.5 Å². The van der Waals surface area contributed by atoms with Gasteiger partial charge in [0.25, 0.3) is 0 Å². The zero-order valence-electron chi connectivity index (χ0n) is 21.1. The first kappa shape index (κ1) is 24.1. The SMILES string of the molecule is O=S(=O)(c1ccc(-c2ccnc3[nH]c(C[N+]4(C5CCNCC5)CCCCC4)cc23)cc1)N1CCCC1. The number of benzene rings is 1. The number of sulfonamides is 1. The summed E-state index contributed by atoms with van der Waals surface area (Å²) < 4.78 is 28.7. The number of piperidine rings is 2. The monoisotopic (exact) mass is 508 g/mol. The number of hydrogen-bond acceptors (Lipinski definition) is 4. The van der Waals surface area contributed by atoms with Gasteiger partial charge in [0.05, 0.1) is 29.7 Å². The predicted molar refractivity (Wildman–Crippen MR) is 143 cm³/mol. The maximum atomic E-state index is 13.0. The first-order valence-electron chi connectivity index (χ1n) is 13.7. The molecule has 0 spiro atoms. The normalized spacial score (nSPS) is 21.8. The fourth-order valence-corrected chi connectivity index (χ4v) is 8.31. The third kappa shape index (κ3) is 4.49. The molecule has 1 aromatic carbocycles. The molecule has 0 bridgehead atoms. The molecule has 3 aliphatic rings. The Morgan fingerprint density at radius 2 is 1.67 bits per heavy atom. The van der Waals surface area contributed by atoms with Crippen LogP contribution in [-0.4, -0.2) is 72.5 Å². The molecule has 0 unspecified atom stereocenters. The molecule has 6 rings (SSSR count). The van der Waals surface area contributed by atoms with Gasteiger partial charge in [-0.3, -0.25) is 0 Å². The van der Waals surface area contributed by atoms with Crippen LogP contribution in [0.3, 0.4) is 0 Å². The molecular formula is C28H38N5O2S+. The van der Waals surface area contributed by atoms with E-state index in [1.165, 1.54) is 55.4 Å². The quantitative estimate of drug-likeness (QED) is 0.488. The first-order chi connectivity index (χ1) is 17.6. The maximum absolute atomic E-state index is 13.0. The summed E-state index contributed by atoms with van der Waals surface area (Å²) in [6.45, 7) is 7.09. The number of likely N-dealkylation sites (tertiary alicyclic amines) is 1. The second kappa shape index (κ2) is 9.89. The largest absolute Gasteiger partial charge is 0.338 e. The number of aromatic amines is 1. The second-order valence-corrected chi connectivity index (χ2v) is 12.9. The average molecular weight is 509 g/mol. The lowest BCUT2D eigenvalue weighted by Crippen LogP contribution is -2.60. The molecule has 36 heavy (non-hydrogen) atoms. The maximum Gasteiger partial charge on any atom is 0.243 e. The van der Waals surface area contributed by atoms with Crippen LogP contribution in [0.25, 0.3) is 22.2 Å². The third-order valence-corrected chi connectivity index (χ3v) is 10.6. The highest BCUT2D eigenvalue weighted by Crippen LogP contribution is 2.34. The minimum absolute atomic E-state index is 0.381. The lowest BCUT2D eigenvalue weighted by molar-refractivity contribution is -0.968. The van der Waals surface area contributed by atoms with Gasteiger partial charge in [0.1, 0.15) is 12.2 Å². The van der Waals surface area contributed by atoms with Crippen molar-refractivity contribution in [1.82, 2.24) is 19.6 Å². The van der Waals surface area contributed by atoms with Crippen LogP contribution in [0.1, 0.15) is 50.6 Å².